The molecule has 1 atom stereocenters. The van der Waals surface area contributed by atoms with Gasteiger partial charge in [0.1, 0.15) is 5.82 Å². The summed E-state index contributed by atoms with van der Waals surface area (Å²) in [5.41, 5.74) is 9.63. The Labute approximate surface area is 182 Å². The lowest BCUT2D eigenvalue weighted by Crippen LogP contribution is -2.38. The quantitative estimate of drug-likeness (QED) is 0.586. The van der Waals surface area contributed by atoms with E-state index in [1.807, 2.05) is 35.2 Å². The van der Waals surface area contributed by atoms with Gasteiger partial charge in [-0.3, -0.25) is 9.69 Å². The predicted molar refractivity (Wildman–Crippen MR) is 121 cm³/mol. The number of nitrogens with two attached hydrogens (primary N) is 1. The van der Waals surface area contributed by atoms with Crippen molar-refractivity contribution in [3.63, 3.8) is 0 Å². The summed E-state index contributed by atoms with van der Waals surface area (Å²) in [7, 11) is 0. The molecule has 2 aliphatic rings. The molecule has 0 amide bonds. The molecule has 0 fully saturated rings. The molecule has 1 aromatic heterocycles. The van der Waals surface area contributed by atoms with E-state index in [2.05, 4.69) is 41.7 Å². The first-order valence-corrected chi connectivity index (χ1v) is 11.2. The zero-order valence-corrected chi connectivity index (χ0v) is 18.5. The topological polar surface area (TPSA) is 70.1 Å². The molecule has 142 valence electrons. The lowest BCUT2D eigenvalue weighted by Gasteiger charge is -2.39. The fraction of sp³-hybridized carbons (Fsp3) is 0.273. The Morgan fingerprint density at radius 1 is 1.25 bits per heavy atom. The van der Waals surface area contributed by atoms with E-state index in [-0.39, 0.29) is 11.7 Å². The van der Waals surface area contributed by atoms with E-state index in [1.54, 1.807) is 11.3 Å². The number of nitriles is 1. The average Bonchev–Trinajstić information content (AvgIpc) is 3.17. The normalized spacial score (nSPS) is 19.7. The van der Waals surface area contributed by atoms with E-state index in [0.717, 1.165) is 44.7 Å². The highest BCUT2D eigenvalue weighted by molar-refractivity contribution is 14.1. The minimum atomic E-state index is -0.349. The minimum absolute atomic E-state index is 0.133. The van der Waals surface area contributed by atoms with Gasteiger partial charge in [0.25, 0.3) is 0 Å². The highest BCUT2D eigenvalue weighted by Gasteiger charge is 2.40. The van der Waals surface area contributed by atoms with Crippen LogP contribution in [0.3, 0.4) is 0 Å². The third-order valence-corrected chi connectivity index (χ3v) is 7.33. The van der Waals surface area contributed by atoms with Crippen LogP contribution in [-0.4, -0.2) is 5.78 Å². The van der Waals surface area contributed by atoms with Gasteiger partial charge in [0.15, 0.2) is 5.78 Å². The van der Waals surface area contributed by atoms with Crippen LogP contribution in [0.25, 0.3) is 0 Å². The molecule has 2 heterocycles. The Balaban J connectivity index is 1.93. The minimum Gasteiger partial charge on any atom is -0.384 e. The van der Waals surface area contributed by atoms with E-state index in [1.165, 1.54) is 4.88 Å². The maximum atomic E-state index is 13.0. The Kier molecular flexibility index (Phi) is 5.30. The van der Waals surface area contributed by atoms with Crippen LogP contribution in [0.15, 0.2) is 59.1 Å². The third kappa shape index (κ3) is 3.16. The highest BCUT2D eigenvalue weighted by atomic mass is 127. The second-order valence-corrected chi connectivity index (χ2v) is 9.40. The number of hydrogen-bond acceptors (Lipinski definition) is 5. The van der Waals surface area contributed by atoms with Gasteiger partial charge in [-0.25, -0.2) is 0 Å². The van der Waals surface area contributed by atoms with Crippen LogP contribution in [0.5, 0.6) is 0 Å². The van der Waals surface area contributed by atoms with Crippen molar-refractivity contribution in [2.24, 2.45) is 5.73 Å². The summed E-state index contributed by atoms with van der Waals surface area (Å²) in [4.78, 5) is 17.2. The second-order valence-electron chi connectivity index (χ2n) is 6.95. The van der Waals surface area contributed by atoms with Gasteiger partial charge in [0.05, 0.1) is 17.6 Å². The number of hydrogen-bond donors (Lipinski definition) is 1. The molecule has 6 heteroatoms. The Morgan fingerprint density at radius 2 is 2.00 bits per heavy atom. The van der Waals surface area contributed by atoms with Crippen molar-refractivity contribution in [3.05, 3.63) is 72.4 Å². The van der Waals surface area contributed by atoms with E-state index < -0.39 is 0 Å². The highest BCUT2D eigenvalue weighted by Crippen LogP contribution is 2.47. The molecule has 0 saturated carbocycles. The number of halogens is 1. The van der Waals surface area contributed by atoms with E-state index in [9.17, 15) is 10.1 Å². The van der Waals surface area contributed by atoms with Gasteiger partial charge in [-0.05, 0) is 78.3 Å². The Morgan fingerprint density at radius 3 is 2.64 bits per heavy atom. The number of rotatable bonds is 3. The molecule has 4 nitrogen and oxygen atoms in total. The fourth-order valence-electron chi connectivity index (χ4n) is 4.00. The summed E-state index contributed by atoms with van der Waals surface area (Å²) in [6, 6.07) is 14.5. The van der Waals surface area contributed by atoms with Crippen LogP contribution in [0.2, 0.25) is 0 Å². The number of anilines is 1. The van der Waals surface area contributed by atoms with Crippen LogP contribution >= 0.6 is 33.9 Å². The van der Waals surface area contributed by atoms with E-state index in [4.69, 9.17) is 5.73 Å². The summed E-state index contributed by atoms with van der Waals surface area (Å²) in [6.45, 7) is 2.11. The van der Waals surface area contributed by atoms with Gasteiger partial charge in [0.2, 0.25) is 0 Å². The van der Waals surface area contributed by atoms with Crippen molar-refractivity contribution in [1.82, 2.24) is 0 Å². The van der Waals surface area contributed by atoms with Gasteiger partial charge >= 0.3 is 0 Å². The average molecular weight is 501 g/mol. The lowest BCUT2D eigenvalue weighted by atomic mass is 9.78. The molecule has 0 spiro atoms. The van der Waals surface area contributed by atoms with Crippen molar-refractivity contribution in [2.45, 2.75) is 38.5 Å². The molecular formula is C22H20IN3OS. The number of nitrogens with zero attached hydrogens (tertiary/aromatic N) is 2. The first-order chi connectivity index (χ1) is 13.5. The molecule has 2 N–H and O–H groups in total. The number of ketones is 1. The molecule has 0 bridgehead atoms. The summed E-state index contributed by atoms with van der Waals surface area (Å²) in [5, 5.41) is 10.00. The van der Waals surface area contributed by atoms with E-state index >= 15 is 0 Å². The zero-order chi connectivity index (χ0) is 19.8. The maximum absolute atomic E-state index is 13.0. The molecule has 28 heavy (non-hydrogen) atoms. The maximum Gasteiger partial charge on any atom is 0.161 e. The molecular weight excluding hydrogens is 481 g/mol. The van der Waals surface area contributed by atoms with Crippen molar-refractivity contribution < 1.29 is 4.79 Å². The van der Waals surface area contributed by atoms with Gasteiger partial charge in [-0.2, -0.15) is 5.26 Å². The standard InChI is InChI=1S/C22H20IN3OS/c1-2-15-10-11-19(28-15)20-16(12-24)22(25)26(14-8-6-13(23)7-9-14)17-4-3-5-18(27)21(17)20/h6-11,20H,2-5,25H2,1H3. The fourth-order valence-corrected chi connectivity index (χ4v) is 5.43. The number of aryl methyl sites for hydroxylation is 1. The molecule has 1 aromatic carbocycles. The number of benzene rings is 1. The number of carbonyl (C=O) groups is 1. The van der Waals surface area contributed by atoms with Gasteiger partial charge < -0.3 is 5.73 Å². The lowest BCUT2D eigenvalue weighted by molar-refractivity contribution is -0.116. The monoisotopic (exact) mass is 501 g/mol. The second kappa shape index (κ2) is 7.72. The van der Waals surface area contributed by atoms with E-state index in [0.29, 0.717) is 17.8 Å². The van der Waals surface area contributed by atoms with Gasteiger partial charge in [-0.15, -0.1) is 11.3 Å². The summed E-state index contributed by atoms with van der Waals surface area (Å²) >= 11 is 3.93. The van der Waals surface area contributed by atoms with Crippen LogP contribution in [0.4, 0.5) is 5.69 Å². The van der Waals surface area contributed by atoms with Crippen LogP contribution in [-0.2, 0) is 11.2 Å². The smallest absolute Gasteiger partial charge is 0.161 e. The number of Topliss-reactive ketones (excluding diaryl/α,β-unsaturated/α-hetero) is 1. The molecule has 1 unspecified atom stereocenters. The van der Waals surface area contributed by atoms with Crippen molar-refractivity contribution in [3.8, 4) is 6.07 Å². The van der Waals surface area contributed by atoms with Crippen LogP contribution < -0.4 is 10.6 Å². The summed E-state index contributed by atoms with van der Waals surface area (Å²) in [6.07, 6.45) is 3.06. The van der Waals surface area contributed by atoms with Crippen molar-refractivity contribution in [1.29, 1.82) is 5.26 Å². The largest absolute Gasteiger partial charge is 0.384 e. The van der Waals surface area contributed by atoms with Crippen molar-refractivity contribution >= 4 is 45.4 Å². The number of thiophene rings is 1. The van der Waals surface area contributed by atoms with Crippen LogP contribution in [0.1, 0.15) is 41.9 Å². The Hall–Kier alpha value is -2.11. The summed E-state index contributed by atoms with van der Waals surface area (Å²) in [5.74, 6) is 0.222. The third-order valence-electron chi connectivity index (χ3n) is 5.31. The molecule has 0 radical (unpaired) electrons. The summed E-state index contributed by atoms with van der Waals surface area (Å²) < 4.78 is 1.12. The Bertz CT molecular complexity index is 1040. The predicted octanol–water partition coefficient (Wildman–Crippen LogP) is 5.22. The van der Waals surface area contributed by atoms with Gasteiger partial charge in [-0.1, -0.05) is 6.92 Å². The molecule has 1 aliphatic carbocycles. The van der Waals surface area contributed by atoms with Gasteiger partial charge in [0, 0.05) is 36.7 Å². The zero-order valence-electron chi connectivity index (χ0n) is 15.5. The van der Waals surface area contributed by atoms with Crippen molar-refractivity contribution in [2.75, 3.05) is 4.90 Å². The first-order valence-electron chi connectivity index (χ1n) is 9.35. The molecule has 0 saturated heterocycles. The SMILES string of the molecule is CCc1ccc(C2C(C#N)=C(N)N(c3ccc(I)cc3)C3=C2C(=O)CCC3)s1. The molecule has 1 aliphatic heterocycles. The molecule has 4 rings (SSSR count). The number of carbonyl (C=O) groups excluding carboxylic acids is 1. The number of allylic oxidation sites excluding steroid dienone is 3. The van der Waals surface area contributed by atoms with Crippen LogP contribution in [0, 0.1) is 14.9 Å². The first kappa shape index (κ1) is 19.2. The molecule has 2 aromatic rings.